The average molecular weight is 875 g/mol. The number of ether oxygens (including phenoxy) is 2. The summed E-state index contributed by atoms with van der Waals surface area (Å²) in [7, 11) is 1.36. The van der Waals surface area contributed by atoms with Crippen LogP contribution in [0.15, 0.2) is 133 Å². The Morgan fingerprint density at radius 1 is 0.758 bits per heavy atom. The van der Waals surface area contributed by atoms with Crippen molar-refractivity contribution in [2.75, 3.05) is 44.5 Å². The predicted molar refractivity (Wildman–Crippen MR) is 255 cm³/mol. The van der Waals surface area contributed by atoms with Gasteiger partial charge in [0.05, 0.1) is 24.6 Å². The Hall–Kier alpha value is -4.81. The van der Waals surface area contributed by atoms with E-state index in [9.17, 15) is 14.4 Å². The number of esters is 1. The number of nitrogens with one attached hydrogen (secondary N) is 2. The first-order valence-corrected chi connectivity index (χ1v) is 24.0. The molecule has 1 heterocycles. The summed E-state index contributed by atoms with van der Waals surface area (Å²) in [5.41, 5.74) is 3.78. The van der Waals surface area contributed by atoms with Crippen LogP contribution in [0.2, 0.25) is 0 Å². The van der Waals surface area contributed by atoms with E-state index in [0.717, 1.165) is 59.0 Å². The smallest absolute Gasteiger partial charge is 0.407 e. The third-order valence-corrected chi connectivity index (χ3v) is 13.6. The largest absolute Gasteiger partial charge is 0.467 e. The fourth-order valence-electron chi connectivity index (χ4n) is 8.43. The first kappa shape index (κ1) is 46.7. The van der Waals surface area contributed by atoms with E-state index in [1.165, 1.54) is 7.11 Å². The topological polar surface area (TPSA) is 100 Å². The van der Waals surface area contributed by atoms with Crippen LogP contribution in [0.1, 0.15) is 68.7 Å². The zero-order valence-electron chi connectivity index (χ0n) is 36.8. The van der Waals surface area contributed by atoms with Gasteiger partial charge in [-0.05, 0) is 105 Å². The number of amides is 2. The van der Waals surface area contributed by atoms with Crippen LogP contribution in [0.25, 0.3) is 10.8 Å². The summed E-state index contributed by atoms with van der Waals surface area (Å²) in [4.78, 5) is 45.8. The van der Waals surface area contributed by atoms with Crippen LogP contribution in [0.5, 0.6) is 0 Å². The van der Waals surface area contributed by atoms with Gasteiger partial charge in [0.2, 0.25) is 5.91 Å². The summed E-state index contributed by atoms with van der Waals surface area (Å²) in [6, 6.07) is 45.2. The summed E-state index contributed by atoms with van der Waals surface area (Å²) in [6.45, 7) is 7.83. The van der Waals surface area contributed by atoms with Gasteiger partial charge in [-0.1, -0.05) is 133 Å². The lowest BCUT2D eigenvalue weighted by Gasteiger charge is -2.41. The molecule has 5 aromatic carbocycles. The molecule has 3 atom stereocenters. The molecular formula is C51H62N4O5S2. The summed E-state index contributed by atoms with van der Waals surface area (Å²) in [5.74, 6) is 0.507. The maximum atomic E-state index is 14.3. The van der Waals surface area contributed by atoms with Crippen LogP contribution < -0.4 is 10.6 Å². The molecule has 9 nitrogen and oxygen atoms in total. The highest BCUT2D eigenvalue weighted by atomic mass is 32.2. The highest BCUT2D eigenvalue weighted by molar-refractivity contribution is 8.00. The Balaban J connectivity index is 1.42. The van der Waals surface area contributed by atoms with Gasteiger partial charge < -0.3 is 20.1 Å². The molecule has 11 heteroatoms. The monoisotopic (exact) mass is 874 g/mol. The molecule has 2 amide bonds. The number of alkyl carbamates (subject to hydrolysis) is 1. The third kappa shape index (κ3) is 12.4. The van der Waals surface area contributed by atoms with Crippen molar-refractivity contribution < 1.29 is 23.9 Å². The number of hydrogen-bond acceptors (Lipinski definition) is 9. The van der Waals surface area contributed by atoms with Gasteiger partial charge in [-0.15, -0.1) is 11.8 Å². The number of thioether (sulfide) groups is 2. The number of methoxy groups -OCH3 is 1. The van der Waals surface area contributed by atoms with Crippen molar-refractivity contribution in [3.05, 3.63) is 156 Å². The van der Waals surface area contributed by atoms with E-state index in [1.54, 1.807) is 23.5 Å². The number of rotatable bonds is 20. The van der Waals surface area contributed by atoms with Gasteiger partial charge in [-0.3, -0.25) is 14.6 Å². The van der Waals surface area contributed by atoms with Gasteiger partial charge in [-0.25, -0.2) is 9.59 Å². The van der Waals surface area contributed by atoms with Gasteiger partial charge in [0.15, 0.2) is 0 Å². The number of likely N-dealkylation sites (tertiary alicyclic amines) is 1. The zero-order chi connectivity index (χ0) is 44.0. The van der Waals surface area contributed by atoms with Crippen LogP contribution in [-0.4, -0.2) is 96.1 Å². The van der Waals surface area contributed by atoms with E-state index in [0.29, 0.717) is 30.9 Å². The van der Waals surface area contributed by atoms with E-state index in [4.69, 9.17) is 9.47 Å². The molecule has 0 aromatic heterocycles. The van der Waals surface area contributed by atoms with Gasteiger partial charge in [0, 0.05) is 18.3 Å². The molecule has 2 N–H and O–H groups in total. The van der Waals surface area contributed by atoms with Crippen LogP contribution in [0.4, 0.5) is 4.79 Å². The van der Waals surface area contributed by atoms with Gasteiger partial charge in [-0.2, -0.15) is 11.8 Å². The lowest BCUT2D eigenvalue weighted by Crippen LogP contribution is -2.55. The maximum absolute atomic E-state index is 14.3. The van der Waals surface area contributed by atoms with E-state index < -0.39 is 34.5 Å². The van der Waals surface area contributed by atoms with E-state index >= 15 is 0 Å². The molecule has 0 aliphatic carbocycles. The number of fused-ring (bicyclic) bond motifs is 1. The van der Waals surface area contributed by atoms with Crippen molar-refractivity contribution in [2.45, 2.75) is 81.6 Å². The van der Waals surface area contributed by atoms with Crippen LogP contribution >= 0.6 is 23.5 Å². The van der Waals surface area contributed by atoms with E-state index in [1.807, 2.05) is 57.4 Å². The highest BCUT2D eigenvalue weighted by Gasteiger charge is 2.40. The summed E-state index contributed by atoms with van der Waals surface area (Å²) < 4.78 is 10.4. The van der Waals surface area contributed by atoms with Crippen molar-refractivity contribution >= 4 is 52.3 Å². The standard InChI is InChI=1S/C51H62N4O5S2/c1-50(2,3)60-49(58)52-43(37-62-51(40-23-9-6-10-24-40,41-25-11-7-12-26-41)42-27-13-8-14-28-42)34-47(54-31-17-18-32-54)55(35-39-22-19-21-38-20-15-16-29-44(38)39)36-46(56)53-45(30-33-61-5)48(57)59-4/h6-16,19-29,43,45,47H,17-18,30-37H2,1-5H3,(H,52,58)(H,53,56)/t43-,45-,47?/m0/s1. The zero-order valence-corrected chi connectivity index (χ0v) is 38.4. The summed E-state index contributed by atoms with van der Waals surface area (Å²) in [5, 5.41) is 8.60. The van der Waals surface area contributed by atoms with Crippen LogP contribution in [0.3, 0.4) is 0 Å². The fourth-order valence-corrected chi connectivity index (χ4v) is 10.5. The highest BCUT2D eigenvalue weighted by Crippen LogP contribution is 2.49. The van der Waals surface area contributed by atoms with Crippen molar-refractivity contribution in [3.8, 4) is 0 Å². The minimum absolute atomic E-state index is 0.0332. The number of carbonyl (C=O) groups excluding carboxylic acids is 3. The van der Waals surface area contributed by atoms with Crippen LogP contribution in [0, 0.1) is 0 Å². The van der Waals surface area contributed by atoms with Crippen molar-refractivity contribution in [3.63, 3.8) is 0 Å². The molecule has 0 bridgehead atoms. The summed E-state index contributed by atoms with van der Waals surface area (Å²) >= 11 is 3.41. The van der Waals surface area contributed by atoms with Crippen molar-refractivity contribution in [1.29, 1.82) is 0 Å². The normalized spacial score (nSPS) is 14.9. The molecule has 328 valence electrons. The van der Waals surface area contributed by atoms with Crippen molar-refractivity contribution in [1.82, 2.24) is 20.4 Å². The Bertz CT molecular complexity index is 2080. The molecule has 5 aromatic rings. The molecule has 1 fully saturated rings. The first-order valence-electron chi connectivity index (χ1n) is 21.6. The lowest BCUT2D eigenvalue weighted by molar-refractivity contribution is -0.145. The fraction of sp³-hybridized carbons (Fsp3) is 0.392. The Morgan fingerprint density at radius 3 is 1.89 bits per heavy atom. The SMILES string of the molecule is COC(=O)[C@H](CCSC)NC(=O)CN(Cc1cccc2ccccc12)C(C[C@@H](CSC(c1ccccc1)(c1ccccc1)c1ccccc1)NC(=O)OC(C)(C)C)N1CCCC1. The van der Waals surface area contributed by atoms with E-state index in [2.05, 4.69) is 124 Å². The average Bonchev–Trinajstić information content (AvgIpc) is 3.82. The number of hydrogen-bond donors (Lipinski definition) is 2. The van der Waals surface area contributed by atoms with Crippen molar-refractivity contribution in [2.24, 2.45) is 0 Å². The second-order valence-electron chi connectivity index (χ2n) is 16.9. The number of benzene rings is 5. The number of carbonyl (C=O) groups is 3. The van der Waals surface area contributed by atoms with Crippen LogP contribution in [-0.2, 0) is 30.4 Å². The molecule has 6 rings (SSSR count). The molecule has 1 aliphatic rings. The Labute approximate surface area is 376 Å². The molecule has 62 heavy (non-hydrogen) atoms. The Morgan fingerprint density at radius 2 is 1.32 bits per heavy atom. The molecule has 0 radical (unpaired) electrons. The van der Waals surface area contributed by atoms with Gasteiger partial charge in [0.25, 0.3) is 0 Å². The summed E-state index contributed by atoms with van der Waals surface area (Å²) in [6.07, 6.45) is 4.26. The first-order chi connectivity index (χ1) is 30.0. The maximum Gasteiger partial charge on any atom is 0.407 e. The van der Waals surface area contributed by atoms with E-state index in [-0.39, 0.29) is 18.6 Å². The van der Waals surface area contributed by atoms with Gasteiger partial charge >= 0.3 is 12.1 Å². The second-order valence-corrected chi connectivity index (χ2v) is 19.1. The minimum Gasteiger partial charge on any atom is -0.467 e. The minimum atomic E-state index is -0.760. The molecule has 0 spiro atoms. The molecule has 1 aliphatic heterocycles. The Kier molecular flexibility index (Phi) is 17.0. The van der Waals surface area contributed by atoms with Gasteiger partial charge in [0.1, 0.15) is 11.6 Å². The predicted octanol–water partition coefficient (Wildman–Crippen LogP) is 9.48. The quantitative estimate of drug-likeness (QED) is 0.0586. The molecule has 0 saturated carbocycles. The number of nitrogens with zero attached hydrogens (tertiary/aromatic N) is 2. The lowest BCUT2D eigenvalue weighted by atomic mass is 9.84. The second kappa shape index (κ2) is 22.5. The molecule has 1 saturated heterocycles. The molecule has 1 unspecified atom stereocenters. The molecular weight excluding hydrogens is 813 g/mol. The third-order valence-electron chi connectivity index (χ3n) is 11.3.